The zero-order valence-corrected chi connectivity index (χ0v) is 11.0. The molecule has 0 saturated heterocycles. The van der Waals surface area contributed by atoms with E-state index < -0.39 is 0 Å². The summed E-state index contributed by atoms with van der Waals surface area (Å²) in [5.41, 5.74) is 6.88. The Morgan fingerprint density at radius 1 is 1.39 bits per heavy atom. The van der Waals surface area contributed by atoms with Gasteiger partial charge in [0.25, 0.3) is 5.91 Å². The van der Waals surface area contributed by atoms with Crippen LogP contribution >= 0.6 is 11.3 Å². The molecule has 0 saturated carbocycles. The fourth-order valence-electron chi connectivity index (χ4n) is 1.79. The maximum atomic E-state index is 12.1. The van der Waals surface area contributed by atoms with Crippen molar-refractivity contribution in [2.24, 2.45) is 0 Å². The zero-order chi connectivity index (χ0) is 13.0. The summed E-state index contributed by atoms with van der Waals surface area (Å²) in [6.07, 6.45) is 0.870. The van der Waals surface area contributed by atoms with E-state index in [9.17, 15) is 4.79 Å². The maximum Gasteiger partial charge on any atom is 0.251 e. The predicted octanol–water partition coefficient (Wildman–Crippen LogP) is 3.21. The van der Waals surface area contributed by atoms with Gasteiger partial charge < -0.3 is 11.1 Å². The van der Waals surface area contributed by atoms with E-state index in [1.54, 1.807) is 35.6 Å². The molecule has 3 nitrogen and oxygen atoms in total. The third-order valence-corrected chi connectivity index (χ3v) is 3.73. The number of nitrogen functional groups attached to an aromatic ring is 1. The number of carbonyl (C=O) groups is 1. The highest BCUT2D eigenvalue weighted by Gasteiger charge is 2.14. The molecule has 0 aliphatic carbocycles. The number of thiophene rings is 1. The Kier molecular flexibility index (Phi) is 3.99. The van der Waals surface area contributed by atoms with Crippen molar-refractivity contribution in [3.8, 4) is 0 Å². The Balaban J connectivity index is 2.11. The maximum absolute atomic E-state index is 12.1. The molecule has 1 unspecified atom stereocenters. The molecular weight excluding hydrogens is 244 g/mol. The lowest BCUT2D eigenvalue weighted by Gasteiger charge is -2.15. The van der Waals surface area contributed by atoms with Gasteiger partial charge in [-0.1, -0.05) is 19.1 Å². The third-order valence-electron chi connectivity index (χ3n) is 2.75. The normalized spacial score (nSPS) is 12.1. The summed E-state index contributed by atoms with van der Waals surface area (Å²) in [4.78, 5) is 13.3. The van der Waals surface area contributed by atoms with Gasteiger partial charge in [-0.15, -0.1) is 11.3 Å². The molecular formula is C14H16N2OS. The quantitative estimate of drug-likeness (QED) is 0.829. The smallest absolute Gasteiger partial charge is 0.251 e. The van der Waals surface area contributed by atoms with Gasteiger partial charge in [-0.2, -0.15) is 0 Å². The second kappa shape index (κ2) is 5.69. The van der Waals surface area contributed by atoms with Crippen molar-refractivity contribution >= 4 is 22.9 Å². The van der Waals surface area contributed by atoms with Gasteiger partial charge in [0.15, 0.2) is 0 Å². The van der Waals surface area contributed by atoms with Crippen LogP contribution in [0.1, 0.15) is 34.6 Å². The lowest BCUT2D eigenvalue weighted by molar-refractivity contribution is 0.0936. The molecule has 2 aromatic rings. The monoisotopic (exact) mass is 260 g/mol. The molecule has 0 bridgehead atoms. The largest absolute Gasteiger partial charge is 0.399 e. The minimum Gasteiger partial charge on any atom is -0.399 e. The van der Waals surface area contributed by atoms with Crippen LogP contribution < -0.4 is 11.1 Å². The van der Waals surface area contributed by atoms with Crippen LogP contribution in [0, 0.1) is 0 Å². The first-order valence-corrected chi connectivity index (χ1v) is 6.78. The van der Waals surface area contributed by atoms with Crippen LogP contribution in [0.4, 0.5) is 5.69 Å². The van der Waals surface area contributed by atoms with E-state index in [-0.39, 0.29) is 11.9 Å². The van der Waals surface area contributed by atoms with Crippen molar-refractivity contribution in [3.05, 3.63) is 52.2 Å². The molecule has 0 radical (unpaired) electrons. The van der Waals surface area contributed by atoms with E-state index >= 15 is 0 Å². The van der Waals surface area contributed by atoms with Crippen LogP contribution in [0.25, 0.3) is 0 Å². The van der Waals surface area contributed by atoms with E-state index in [2.05, 4.69) is 12.2 Å². The van der Waals surface area contributed by atoms with Crippen molar-refractivity contribution in [1.29, 1.82) is 0 Å². The fourth-order valence-corrected chi connectivity index (χ4v) is 2.65. The summed E-state index contributed by atoms with van der Waals surface area (Å²) in [7, 11) is 0. The Morgan fingerprint density at radius 3 is 2.83 bits per heavy atom. The number of anilines is 1. The van der Waals surface area contributed by atoms with E-state index in [1.165, 1.54) is 4.88 Å². The molecule has 0 spiro atoms. The molecule has 1 atom stereocenters. The Labute approximate surface area is 111 Å². The molecule has 2 rings (SSSR count). The molecule has 4 heteroatoms. The van der Waals surface area contributed by atoms with Crippen molar-refractivity contribution < 1.29 is 4.79 Å². The Morgan fingerprint density at radius 2 is 2.22 bits per heavy atom. The summed E-state index contributed by atoms with van der Waals surface area (Å²) in [6, 6.07) is 11.1. The summed E-state index contributed by atoms with van der Waals surface area (Å²) in [5, 5.41) is 5.05. The summed E-state index contributed by atoms with van der Waals surface area (Å²) in [6.45, 7) is 2.06. The van der Waals surface area contributed by atoms with Crippen molar-refractivity contribution in [2.45, 2.75) is 19.4 Å². The standard InChI is InChI=1S/C14H16N2OS/c1-2-12(13-7-4-8-18-13)16-14(17)10-5-3-6-11(15)9-10/h3-9,12H,2,15H2,1H3,(H,16,17). The molecule has 1 aromatic carbocycles. The summed E-state index contributed by atoms with van der Waals surface area (Å²) >= 11 is 1.66. The van der Waals surface area contributed by atoms with Gasteiger partial charge in [0, 0.05) is 16.1 Å². The molecule has 0 aliphatic heterocycles. The number of nitrogens with one attached hydrogen (secondary N) is 1. The number of amides is 1. The number of hydrogen-bond donors (Lipinski definition) is 2. The van der Waals surface area contributed by atoms with Gasteiger partial charge in [0.1, 0.15) is 0 Å². The molecule has 1 aromatic heterocycles. The molecule has 3 N–H and O–H groups in total. The third kappa shape index (κ3) is 2.90. The van der Waals surface area contributed by atoms with Crippen LogP contribution in [-0.2, 0) is 0 Å². The van der Waals surface area contributed by atoms with Crippen LogP contribution in [0.2, 0.25) is 0 Å². The molecule has 94 valence electrons. The Bertz CT molecular complexity index is 522. The number of rotatable bonds is 4. The van der Waals surface area contributed by atoms with Gasteiger partial charge in [-0.05, 0) is 36.1 Å². The number of nitrogens with two attached hydrogens (primary N) is 1. The first-order chi connectivity index (χ1) is 8.70. The minimum absolute atomic E-state index is 0.0685. The van der Waals surface area contributed by atoms with Crippen molar-refractivity contribution in [3.63, 3.8) is 0 Å². The average molecular weight is 260 g/mol. The van der Waals surface area contributed by atoms with E-state index in [0.29, 0.717) is 11.3 Å². The second-order valence-corrected chi connectivity index (χ2v) is 5.05. The van der Waals surface area contributed by atoms with Crippen LogP contribution in [0.5, 0.6) is 0 Å². The highest BCUT2D eigenvalue weighted by Crippen LogP contribution is 2.22. The van der Waals surface area contributed by atoms with E-state index in [0.717, 1.165) is 6.42 Å². The van der Waals surface area contributed by atoms with E-state index in [1.807, 2.05) is 17.5 Å². The molecule has 0 fully saturated rings. The summed E-state index contributed by atoms with van der Waals surface area (Å²) < 4.78 is 0. The van der Waals surface area contributed by atoms with Crippen LogP contribution in [0.3, 0.4) is 0 Å². The highest BCUT2D eigenvalue weighted by molar-refractivity contribution is 7.10. The molecule has 1 heterocycles. The molecule has 18 heavy (non-hydrogen) atoms. The second-order valence-electron chi connectivity index (χ2n) is 4.08. The van der Waals surface area contributed by atoms with Gasteiger partial charge in [-0.3, -0.25) is 4.79 Å². The number of benzene rings is 1. The topological polar surface area (TPSA) is 55.1 Å². The first-order valence-electron chi connectivity index (χ1n) is 5.90. The number of hydrogen-bond acceptors (Lipinski definition) is 3. The zero-order valence-electron chi connectivity index (χ0n) is 10.2. The predicted molar refractivity (Wildman–Crippen MR) is 75.7 cm³/mol. The van der Waals surface area contributed by atoms with Gasteiger partial charge >= 0.3 is 0 Å². The lowest BCUT2D eigenvalue weighted by atomic mass is 10.1. The van der Waals surface area contributed by atoms with E-state index in [4.69, 9.17) is 5.73 Å². The van der Waals surface area contributed by atoms with Gasteiger partial charge in [0.2, 0.25) is 0 Å². The number of carbonyl (C=O) groups excluding carboxylic acids is 1. The van der Waals surface area contributed by atoms with Crippen LogP contribution in [0.15, 0.2) is 41.8 Å². The van der Waals surface area contributed by atoms with Crippen LogP contribution in [-0.4, -0.2) is 5.91 Å². The SMILES string of the molecule is CCC(NC(=O)c1cccc(N)c1)c1cccs1. The fraction of sp³-hybridized carbons (Fsp3) is 0.214. The van der Waals surface area contributed by atoms with Gasteiger partial charge in [-0.25, -0.2) is 0 Å². The average Bonchev–Trinajstić information content (AvgIpc) is 2.89. The van der Waals surface area contributed by atoms with Crippen molar-refractivity contribution in [2.75, 3.05) is 5.73 Å². The Hall–Kier alpha value is -1.81. The molecule has 1 amide bonds. The summed E-state index contributed by atoms with van der Waals surface area (Å²) in [5.74, 6) is -0.0810. The molecule has 0 aliphatic rings. The lowest BCUT2D eigenvalue weighted by Crippen LogP contribution is -2.27. The minimum atomic E-state index is -0.0810. The van der Waals surface area contributed by atoms with Crippen molar-refractivity contribution in [1.82, 2.24) is 5.32 Å². The van der Waals surface area contributed by atoms with Gasteiger partial charge in [0.05, 0.1) is 6.04 Å². The first kappa shape index (κ1) is 12.6. The highest BCUT2D eigenvalue weighted by atomic mass is 32.1.